The van der Waals surface area contributed by atoms with Gasteiger partial charge in [0.05, 0.1) is 5.97 Å². The van der Waals surface area contributed by atoms with E-state index >= 15 is 0 Å². The Morgan fingerprint density at radius 3 is 2.83 bits per heavy atom. The summed E-state index contributed by atoms with van der Waals surface area (Å²) >= 11 is 2.72. The molecule has 2 aromatic rings. The van der Waals surface area contributed by atoms with Crippen LogP contribution in [0.4, 0.5) is 5.13 Å². The number of allylic oxidation sites excluding steroid dienone is 1. The van der Waals surface area contributed by atoms with Crippen molar-refractivity contribution in [3.8, 4) is 0 Å². The molecule has 11 nitrogen and oxygen atoms in total. The van der Waals surface area contributed by atoms with Crippen LogP contribution in [0.5, 0.6) is 0 Å². The minimum absolute atomic E-state index is 0.0250. The number of amides is 2. The normalized spacial score (nSPS) is 23.1. The van der Waals surface area contributed by atoms with Crippen LogP contribution in [0.25, 0.3) is 0 Å². The number of thioether (sulfide) groups is 1. The quantitative estimate of drug-likeness (QED) is 0.158. The molecule has 4 heterocycles. The average molecular weight is 527 g/mol. The second kappa shape index (κ2) is 10.1. The molecule has 0 bridgehead atoms. The van der Waals surface area contributed by atoms with Crippen molar-refractivity contribution in [2.45, 2.75) is 36.9 Å². The van der Waals surface area contributed by atoms with Crippen LogP contribution < -0.4 is 20.7 Å². The van der Waals surface area contributed by atoms with E-state index in [9.17, 15) is 19.5 Å². The molecule has 3 atom stereocenters. The number of nitrogen functional groups attached to an aromatic ring is 1. The van der Waals surface area contributed by atoms with Crippen LogP contribution in [0.2, 0.25) is 0 Å². The minimum atomic E-state index is -1.23. The number of nitrogens with one attached hydrogen (secondary N) is 1. The molecule has 5 rings (SSSR count). The fourth-order valence-electron chi connectivity index (χ4n) is 4.00. The van der Waals surface area contributed by atoms with Crippen LogP contribution in [-0.2, 0) is 21.0 Å². The number of β-lactam (4-membered cyclic amide) rings is 1. The Labute approximate surface area is 214 Å². The number of nitrogens with zero attached hydrogens (tertiary/aromatic N) is 4. The van der Waals surface area contributed by atoms with Crippen molar-refractivity contribution in [2.24, 2.45) is 5.16 Å². The molecule has 186 valence electrons. The van der Waals surface area contributed by atoms with Crippen LogP contribution in [0.1, 0.15) is 28.9 Å². The van der Waals surface area contributed by atoms with Crippen LogP contribution in [-0.4, -0.2) is 56.7 Å². The van der Waals surface area contributed by atoms with Crippen LogP contribution in [0.15, 0.2) is 59.0 Å². The van der Waals surface area contributed by atoms with Crippen molar-refractivity contribution >= 4 is 51.7 Å². The zero-order chi connectivity index (χ0) is 25.2. The van der Waals surface area contributed by atoms with Crippen molar-refractivity contribution in [1.82, 2.24) is 15.2 Å². The first-order valence-corrected chi connectivity index (χ1v) is 13.1. The Kier molecular flexibility index (Phi) is 6.74. The van der Waals surface area contributed by atoms with Crippen molar-refractivity contribution in [1.29, 1.82) is 0 Å². The molecule has 13 heteroatoms. The number of aromatic nitrogens is 2. The van der Waals surface area contributed by atoms with E-state index in [0.717, 1.165) is 18.4 Å². The summed E-state index contributed by atoms with van der Waals surface area (Å²) in [5.74, 6) is -1.37. The molecule has 0 spiro atoms. The fourth-order valence-corrected chi connectivity index (χ4v) is 5.80. The van der Waals surface area contributed by atoms with Gasteiger partial charge in [-0.15, -0.1) is 23.1 Å². The number of nitrogens with two attached hydrogens (primary N) is 1. The van der Waals surface area contributed by atoms with E-state index in [4.69, 9.17) is 10.6 Å². The molecule has 3 aliphatic rings. The van der Waals surface area contributed by atoms with Crippen molar-refractivity contribution < 1.29 is 28.9 Å². The monoisotopic (exact) mass is 526 g/mol. The summed E-state index contributed by atoms with van der Waals surface area (Å²) in [7, 11) is 0. The first kappa shape index (κ1) is 24.0. The molecule has 1 fully saturated rings. The summed E-state index contributed by atoms with van der Waals surface area (Å²) in [4.78, 5) is 48.1. The molecule has 0 radical (unpaired) electrons. The van der Waals surface area contributed by atoms with Crippen molar-refractivity contribution in [3.63, 3.8) is 0 Å². The second-order valence-electron chi connectivity index (χ2n) is 8.39. The van der Waals surface area contributed by atoms with E-state index in [0.29, 0.717) is 23.1 Å². The molecule has 36 heavy (non-hydrogen) atoms. The zero-order valence-corrected chi connectivity index (χ0v) is 20.5. The summed E-state index contributed by atoms with van der Waals surface area (Å²) in [5.41, 5.74) is 7.09. The summed E-state index contributed by atoms with van der Waals surface area (Å²) in [6, 6.07) is 2.23. The van der Waals surface area contributed by atoms with Gasteiger partial charge in [-0.25, -0.2) is 9.55 Å². The number of hydrogen-bond acceptors (Lipinski definition) is 10. The molecule has 2 aliphatic heterocycles. The smallest absolute Gasteiger partial charge is 0.276 e. The number of carboxylic acids is 1. The van der Waals surface area contributed by atoms with Gasteiger partial charge in [0.25, 0.3) is 11.8 Å². The molecule has 2 aromatic heterocycles. The van der Waals surface area contributed by atoms with Gasteiger partial charge in [-0.1, -0.05) is 11.2 Å². The van der Waals surface area contributed by atoms with Gasteiger partial charge >= 0.3 is 0 Å². The van der Waals surface area contributed by atoms with Crippen LogP contribution >= 0.6 is 23.1 Å². The second-order valence-corrected chi connectivity index (χ2v) is 10.4. The third-order valence-electron chi connectivity index (χ3n) is 5.87. The average Bonchev–Trinajstić information content (AvgIpc) is 3.55. The number of carbonyl (C=O) groups is 3. The maximum atomic E-state index is 13.1. The molecular weight excluding hydrogens is 504 g/mol. The van der Waals surface area contributed by atoms with Gasteiger partial charge in [0.1, 0.15) is 23.2 Å². The topological polar surface area (TPSA) is 154 Å². The lowest BCUT2D eigenvalue weighted by Gasteiger charge is -2.47. The highest BCUT2D eigenvalue weighted by atomic mass is 32.2. The number of carbonyl (C=O) groups excluding carboxylic acids is 3. The lowest BCUT2D eigenvalue weighted by Crippen LogP contribution is -2.69. The van der Waals surface area contributed by atoms with E-state index in [-0.39, 0.29) is 28.7 Å². The third kappa shape index (κ3) is 4.97. The van der Waals surface area contributed by atoms with Crippen LogP contribution in [0, 0.1) is 0 Å². The van der Waals surface area contributed by atoms with Gasteiger partial charge in [0, 0.05) is 40.6 Å². The number of hydrogen-bond donors (Lipinski definition) is 2. The van der Waals surface area contributed by atoms with E-state index < -0.39 is 17.9 Å². The van der Waals surface area contributed by atoms with Gasteiger partial charge in [0.2, 0.25) is 0 Å². The number of thiazole rings is 1. The van der Waals surface area contributed by atoms with Gasteiger partial charge in [-0.3, -0.25) is 9.59 Å². The summed E-state index contributed by atoms with van der Waals surface area (Å²) in [6.45, 7) is 0.503. The number of carboxylic acid groups (broad SMARTS) is 1. The Morgan fingerprint density at radius 1 is 1.36 bits per heavy atom. The summed E-state index contributed by atoms with van der Waals surface area (Å²) in [5, 5.41) is 19.4. The number of fused-ring (bicyclic) bond motifs is 1. The number of anilines is 1. The fraction of sp³-hybridized carbons (Fsp3) is 0.304. The Bertz CT molecular complexity index is 1290. The highest BCUT2D eigenvalue weighted by molar-refractivity contribution is 8.00. The van der Waals surface area contributed by atoms with E-state index in [2.05, 4.69) is 15.5 Å². The van der Waals surface area contributed by atoms with E-state index in [1.54, 1.807) is 28.9 Å². The van der Waals surface area contributed by atoms with E-state index in [1.807, 2.05) is 16.7 Å². The Morgan fingerprint density at radius 2 is 2.17 bits per heavy atom. The first-order chi connectivity index (χ1) is 17.4. The first-order valence-electron chi connectivity index (χ1n) is 11.2. The molecule has 3 N–H and O–H groups in total. The number of aromatic carboxylic acids is 1. The van der Waals surface area contributed by atoms with Crippen LogP contribution in [0.3, 0.4) is 0 Å². The Balaban J connectivity index is 1.24. The van der Waals surface area contributed by atoms with Gasteiger partial charge in [0.15, 0.2) is 29.8 Å². The maximum absolute atomic E-state index is 13.1. The Hall–Kier alpha value is -3.71. The minimum Gasteiger partial charge on any atom is -0.545 e. The largest absolute Gasteiger partial charge is 0.545 e. The number of rotatable bonds is 8. The molecule has 2 unspecified atom stereocenters. The van der Waals surface area contributed by atoms with Crippen molar-refractivity contribution in [3.05, 3.63) is 65.1 Å². The number of pyridine rings is 1. The summed E-state index contributed by atoms with van der Waals surface area (Å²) < 4.78 is 1.82. The van der Waals surface area contributed by atoms with Gasteiger partial charge in [-0.2, -0.15) is 0 Å². The lowest BCUT2D eigenvalue weighted by atomic mass is 10.1. The predicted octanol–water partition coefficient (Wildman–Crippen LogP) is -0.200. The molecule has 0 aromatic carbocycles. The molecule has 0 saturated carbocycles. The van der Waals surface area contributed by atoms with Gasteiger partial charge < -0.3 is 30.7 Å². The standard InChI is InChI=1S/C23H22N6O5S2/c24-23-25-16(12-36-23)17(27-34-15-3-1-2-4-15)19(30)26-18-20(31)29-10-13(11-35-21(18)29)9-28-7-5-14(6-8-28)22(32)33/h1,3,5-8,10,12,15,18,21H,2,4,9,11H2,(H3-,24,25,26,30,32,33)/t15?,18?,21-/m0/s1. The van der Waals surface area contributed by atoms with Gasteiger partial charge in [-0.05, 0) is 18.9 Å². The highest BCUT2D eigenvalue weighted by Gasteiger charge is 2.50. The molecule has 1 aliphatic carbocycles. The predicted molar refractivity (Wildman–Crippen MR) is 130 cm³/mol. The zero-order valence-electron chi connectivity index (χ0n) is 18.9. The molecule has 1 saturated heterocycles. The summed E-state index contributed by atoms with van der Waals surface area (Å²) in [6.07, 6.45) is 10.4. The van der Waals surface area contributed by atoms with Crippen molar-refractivity contribution in [2.75, 3.05) is 11.5 Å². The molecular formula is C23H22N6O5S2. The molecule has 2 amide bonds. The number of oxime groups is 1. The maximum Gasteiger partial charge on any atom is 0.276 e. The third-order valence-corrected chi connectivity index (χ3v) is 7.92. The lowest BCUT2D eigenvalue weighted by molar-refractivity contribution is -0.689. The highest BCUT2D eigenvalue weighted by Crippen LogP contribution is 2.36. The van der Waals surface area contributed by atoms with E-state index in [1.165, 1.54) is 35.2 Å². The SMILES string of the molecule is Nc1nc(C(=NOC2C=CCC2)C(=O)NC2C(=O)N3C=C(C[n+]4ccc(C(=O)[O-])cc4)CS[C@@H]23)cs1.